The summed E-state index contributed by atoms with van der Waals surface area (Å²) in [5.41, 5.74) is 12.0. The van der Waals surface area contributed by atoms with Crippen molar-refractivity contribution in [2.45, 2.75) is 6.54 Å². The van der Waals surface area contributed by atoms with E-state index in [0.29, 0.717) is 5.56 Å². The molecule has 0 saturated carbocycles. The summed E-state index contributed by atoms with van der Waals surface area (Å²) in [4.78, 5) is 2.30. The van der Waals surface area contributed by atoms with Gasteiger partial charge in [0.2, 0.25) is 5.96 Å². The fraction of sp³-hybridized carbons (Fsp3) is 0.385. The van der Waals surface area contributed by atoms with Gasteiger partial charge in [-0.05, 0) is 17.7 Å². The molecule has 20 heavy (non-hydrogen) atoms. The van der Waals surface area contributed by atoms with Crippen molar-refractivity contribution in [3.05, 3.63) is 29.3 Å². The van der Waals surface area contributed by atoms with Gasteiger partial charge in [0.1, 0.15) is 5.75 Å². The number of ether oxygens (including phenoxy) is 1. The van der Waals surface area contributed by atoms with Gasteiger partial charge in [0, 0.05) is 25.2 Å². The number of phenolic OH excluding ortho intramolecular Hbond substituents is 1. The lowest BCUT2D eigenvalue weighted by atomic mass is 10.1. The fourth-order valence-electron chi connectivity index (χ4n) is 1.98. The number of rotatable bonds is 4. The molecular weight excluding hydrogens is 258 g/mol. The molecule has 5 N–H and O–H groups in total. The largest absolute Gasteiger partial charge is 0.507 e. The maximum atomic E-state index is 9.77. The third kappa shape index (κ3) is 4.22. The van der Waals surface area contributed by atoms with Crippen LogP contribution in [0.2, 0.25) is 0 Å². The highest BCUT2D eigenvalue weighted by atomic mass is 16.5. The molecule has 0 atom stereocenters. The fourth-order valence-corrected chi connectivity index (χ4v) is 1.98. The van der Waals surface area contributed by atoms with Gasteiger partial charge in [0.05, 0.1) is 19.4 Å². The molecule has 0 unspecified atom stereocenters. The van der Waals surface area contributed by atoms with Crippen LogP contribution in [0.25, 0.3) is 0 Å². The molecule has 0 aliphatic carbocycles. The van der Waals surface area contributed by atoms with Crippen LogP contribution in [-0.4, -0.2) is 48.5 Å². The Morgan fingerprint density at radius 3 is 2.80 bits per heavy atom. The predicted molar refractivity (Wildman–Crippen MR) is 77.6 cm³/mol. The SMILES string of the molecule is NC(N)=NN=Cc1cc(CN2CCOCC2)ccc1O. The first-order valence-corrected chi connectivity index (χ1v) is 6.39. The van der Waals surface area contributed by atoms with Crippen molar-refractivity contribution in [2.75, 3.05) is 26.3 Å². The molecule has 0 aromatic heterocycles. The summed E-state index contributed by atoms with van der Waals surface area (Å²) in [7, 11) is 0. The summed E-state index contributed by atoms with van der Waals surface area (Å²) < 4.78 is 5.31. The van der Waals surface area contributed by atoms with E-state index < -0.39 is 0 Å². The number of benzene rings is 1. The second-order valence-electron chi connectivity index (χ2n) is 4.55. The van der Waals surface area contributed by atoms with Crippen LogP contribution in [0.3, 0.4) is 0 Å². The van der Waals surface area contributed by atoms with E-state index >= 15 is 0 Å². The molecule has 1 heterocycles. The zero-order chi connectivity index (χ0) is 14.4. The van der Waals surface area contributed by atoms with E-state index in [1.165, 1.54) is 6.21 Å². The van der Waals surface area contributed by atoms with Crippen molar-refractivity contribution in [3.63, 3.8) is 0 Å². The molecule has 1 aliphatic heterocycles. The molecule has 1 aliphatic rings. The van der Waals surface area contributed by atoms with Gasteiger partial charge in [-0.3, -0.25) is 4.90 Å². The van der Waals surface area contributed by atoms with E-state index in [-0.39, 0.29) is 11.7 Å². The van der Waals surface area contributed by atoms with E-state index in [2.05, 4.69) is 15.1 Å². The lowest BCUT2D eigenvalue weighted by Gasteiger charge is -2.26. The van der Waals surface area contributed by atoms with Gasteiger partial charge in [0.25, 0.3) is 0 Å². The van der Waals surface area contributed by atoms with Crippen molar-refractivity contribution in [1.82, 2.24) is 4.90 Å². The van der Waals surface area contributed by atoms with Crippen LogP contribution in [-0.2, 0) is 11.3 Å². The quantitative estimate of drug-likeness (QED) is 0.402. The van der Waals surface area contributed by atoms with E-state index in [4.69, 9.17) is 16.2 Å². The Labute approximate surface area is 117 Å². The first-order chi connectivity index (χ1) is 9.65. The van der Waals surface area contributed by atoms with E-state index in [9.17, 15) is 5.11 Å². The summed E-state index contributed by atoms with van der Waals surface area (Å²) in [6, 6.07) is 5.41. The Hall–Kier alpha value is -2.12. The molecule has 1 fully saturated rings. The van der Waals surface area contributed by atoms with Crippen LogP contribution in [0, 0.1) is 0 Å². The smallest absolute Gasteiger partial charge is 0.211 e. The topological polar surface area (TPSA) is 109 Å². The molecule has 0 radical (unpaired) electrons. The van der Waals surface area contributed by atoms with E-state index in [1.54, 1.807) is 6.07 Å². The van der Waals surface area contributed by atoms with Gasteiger partial charge in [-0.1, -0.05) is 6.07 Å². The van der Waals surface area contributed by atoms with Crippen LogP contribution >= 0.6 is 0 Å². The number of nitrogens with two attached hydrogens (primary N) is 2. The van der Waals surface area contributed by atoms with E-state index in [0.717, 1.165) is 38.4 Å². The van der Waals surface area contributed by atoms with Gasteiger partial charge >= 0.3 is 0 Å². The second kappa shape index (κ2) is 6.88. The highest BCUT2D eigenvalue weighted by molar-refractivity contribution is 5.84. The molecule has 1 saturated heterocycles. The predicted octanol–water partition coefficient (Wildman–Crippen LogP) is -0.168. The lowest BCUT2D eigenvalue weighted by Crippen LogP contribution is -2.35. The highest BCUT2D eigenvalue weighted by Gasteiger charge is 2.11. The first kappa shape index (κ1) is 14.3. The normalized spacial score (nSPS) is 16.4. The minimum absolute atomic E-state index is 0.120. The van der Waals surface area contributed by atoms with E-state index in [1.807, 2.05) is 12.1 Å². The van der Waals surface area contributed by atoms with Gasteiger partial charge < -0.3 is 21.3 Å². The Morgan fingerprint density at radius 2 is 2.10 bits per heavy atom. The molecule has 1 aromatic rings. The number of hydrogen-bond donors (Lipinski definition) is 3. The number of phenols is 1. The number of guanidine groups is 1. The van der Waals surface area contributed by atoms with Crippen molar-refractivity contribution in [3.8, 4) is 5.75 Å². The molecule has 0 amide bonds. The molecule has 7 nitrogen and oxygen atoms in total. The Balaban J connectivity index is 2.07. The monoisotopic (exact) mass is 277 g/mol. The maximum Gasteiger partial charge on any atom is 0.211 e. The van der Waals surface area contributed by atoms with Crippen LogP contribution in [0.5, 0.6) is 5.75 Å². The lowest BCUT2D eigenvalue weighted by molar-refractivity contribution is 0.0342. The van der Waals surface area contributed by atoms with Crippen LogP contribution < -0.4 is 11.5 Å². The van der Waals surface area contributed by atoms with Gasteiger partial charge in [0.15, 0.2) is 0 Å². The molecule has 0 bridgehead atoms. The molecule has 2 rings (SSSR count). The van der Waals surface area contributed by atoms with Crippen LogP contribution in [0.15, 0.2) is 28.4 Å². The zero-order valence-corrected chi connectivity index (χ0v) is 11.2. The van der Waals surface area contributed by atoms with Crippen LogP contribution in [0.1, 0.15) is 11.1 Å². The van der Waals surface area contributed by atoms with Crippen molar-refractivity contribution in [2.24, 2.45) is 21.7 Å². The summed E-state index contributed by atoms with van der Waals surface area (Å²) in [6.45, 7) is 4.16. The Bertz CT molecular complexity index is 505. The zero-order valence-electron chi connectivity index (χ0n) is 11.2. The molecule has 7 heteroatoms. The van der Waals surface area contributed by atoms with Gasteiger partial charge in [-0.25, -0.2) is 0 Å². The second-order valence-corrected chi connectivity index (χ2v) is 4.55. The summed E-state index contributed by atoms with van der Waals surface area (Å²) in [5, 5.41) is 17.0. The standard InChI is InChI=1S/C13H19N5O2/c14-13(15)17-16-8-11-7-10(1-2-12(11)19)9-18-3-5-20-6-4-18/h1-2,7-8,19H,3-6,9H2,(H4,14,15,17). The minimum atomic E-state index is -0.120. The number of morpholine rings is 1. The van der Waals surface area contributed by atoms with Crippen molar-refractivity contribution < 1.29 is 9.84 Å². The van der Waals surface area contributed by atoms with Crippen molar-refractivity contribution in [1.29, 1.82) is 0 Å². The average molecular weight is 277 g/mol. The first-order valence-electron chi connectivity index (χ1n) is 6.39. The minimum Gasteiger partial charge on any atom is -0.507 e. The number of hydrogen-bond acceptors (Lipinski definition) is 5. The Morgan fingerprint density at radius 1 is 1.35 bits per heavy atom. The average Bonchev–Trinajstić information content (AvgIpc) is 2.43. The van der Waals surface area contributed by atoms with Crippen molar-refractivity contribution >= 4 is 12.2 Å². The Kier molecular flexibility index (Phi) is 4.91. The maximum absolute atomic E-state index is 9.77. The summed E-state index contributed by atoms with van der Waals surface area (Å²) in [6.07, 6.45) is 1.43. The molecule has 1 aromatic carbocycles. The summed E-state index contributed by atoms with van der Waals surface area (Å²) >= 11 is 0. The molecule has 108 valence electrons. The third-order valence-electron chi connectivity index (χ3n) is 2.97. The number of nitrogens with zero attached hydrogens (tertiary/aromatic N) is 3. The van der Waals surface area contributed by atoms with Gasteiger partial charge in [-0.15, -0.1) is 5.10 Å². The molecular formula is C13H19N5O2. The van der Waals surface area contributed by atoms with Gasteiger partial charge in [-0.2, -0.15) is 5.10 Å². The molecule has 0 spiro atoms. The summed E-state index contributed by atoms with van der Waals surface area (Å²) in [5.74, 6) is 0.0236. The number of aromatic hydroxyl groups is 1. The highest BCUT2D eigenvalue weighted by Crippen LogP contribution is 2.18. The third-order valence-corrected chi connectivity index (χ3v) is 2.97. The van der Waals surface area contributed by atoms with Crippen LogP contribution in [0.4, 0.5) is 0 Å².